The van der Waals surface area contributed by atoms with Crippen LogP contribution in [0.5, 0.6) is 0 Å². The van der Waals surface area contributed by atoms with E-state index in [1.54, 1.807) is 20.8 Å². The fraction of sp³-hybridized carbons (Fsp3) is 0.250. The fourth-order valence-electron chi connectivity index (χ4n) is 2.34. The van der Waals surface area contributed by atoms with E-state index >= 15 is 0 Å². The summed E-state index contributed by atoms with van der Waals surface area (Å²) in [4.78, 5) is 23.7. The van der Waals surface area contributed by atoms with Crippen LogP contribution in [0.15, 0.2) is 22.6 Å². The molecule has 1 amide bonds. The third kappa shape index (κ3) is 3.23. The van der Waals surface area contributed by atoms with Gasteiger partial charge >= 0.3 is 5.97 Å². The lowest BCUT2D eigenvalue weighted by atomic mass is 10.0. The standard InChI is InChI=1S/C16H15F2NO4/c1-7-8(2)23-9(3)13(7)15(20)19-14(16(21)22)11-6-10(17)4-5-12(11)18/h4-6,14H,1-3H3,(H,19,20)(H,21,22). The first-order chi connectivity index (χ1) is 10.7. The molecule has 0 aliphatic carbocycles. The largest absolute Gasteiger partial charge is 0.479 e. The van der Waals surface area contributed by atoms with Crippen molar-refractivity contribution in [3.63, 3.8) is 0 Å². The van der Waals surface area contributed by atoms with Crippen LogP contribution in [-0.2, 0) is 4.79 Å². The number of nitrogens with one attached hydrogen (secondary N) is 1. The number of carboxylic acids is 1. The molecule has 2 aromatic rings. The number of hydrogen-bond acceptors (Lipinski definition) is 3. The van der Waals surface area contributed by atoms with Gasteiger partial charge in [-0.15, -0.1) is 0 Å². The molecule has 0 bridgehead atoms. The summed E-state index contributed by atoms with van der Waals surface area (Å²) in [5.41, 5.74) is 0.288. The van der Waals surface area contributed by atoms with Gasteiger partial charge in [-0.2, -0.15) is 0 Å². The first kappa shape index (κ1) is 16.7. The van der Waals surface area contributed by atoms with Crippen LogP contribution in [0.3, 0.4) is 0 Å². The molecule has 1 unspecified atom stereocenters. The van der Waals surface area contributed by atoms with Gasteiger partial charge in [-0.25, -0.2) is 13.6 Å². The maximum Gasteiger partial charge on any atom is 0.331 e. The Hall–Kier alpha value is -2.70. The Morgan fingerprint density at radius 3 is 2.35 bits per heavy atom. The van der Waals surface area contributed by atoms with Crippen molar-refractivity contribution in [2.45, 2.75) is 26.8 Å². The summed E-state index contributed by atoms with van der Waals surface area (Å²) >= 11 is 0. The van der Waals surface area contributed by atoms with E-state index < -0.39 is 35.1 Å². The van der Waals surface area contributed by atoms with Gasteiger partial charge in [-0.3, -0.25) is 4.79 Å². The number of halogens is 2. The van der Waals surface area contributed by atoms with E-state index in [0.29, 0.717) is 17.1 Å². The molecular formula is C16H15F2NO4. The van der Waals surface area contributed by atoms with Crippen molar-refractivity contribution in [2.24, 2.45) is 0 Å². The molecule has 1 aromatic carbocycles. The smallest absolute Gasteiger partial charge is 0.331 e. The lowest BCUT2D eigenvalue weighted by molar-refractivity contribution is -0.139. The van der Waals surface area contributed by atoms with Crippen LogP contribution in [0.2, 0.25) is 0 Å². The first-order valence-electron chi connectivity index (χ1n) is 6.77. The summed E-state index contributed by atoms with van der Waals surface area (Å²) < 4.78 is 32.4. The van der Waals surface area contributed by atoms with Gasteiger partial charge in [0.15, 0.2) is 6.04 Å². The number of benzene rings is 1. The molecule has 0 fully saturated rings. The Bertz CT molecular complexity index is 783. The van der Waals surface area contributed by atoms with Crippen molar-refractivity contribution >= 4 is 11.9 Å². The first-order valence-corrected chi connectivity index (χ1v) is 6.77. The molecule has 1 atom stereocenters. The highest BCUT2D eigenvalue weighted by molar-refractivity contribution is 5.99. The molecule has 2 N–H and O–H groups in total. The highest BCUT2D eigenvalue weighted by Gasteiger charge is 2.28. The molecule has 0 spiro atoms. The van der Waals surface area contributed by atoms with E-state index in [4.69, 9.17) is 4.42 Å². The van der Waals surface area contributed by atoms with Crippen LogP contribution in [0.25, 0.3) is 0 Å². The van der Waals surface area contributed by atoms with Gasteiger partial charge in [-0.05, 0) is 39.0 Å². The summed E-state index contributed by atoms with van der Waals surface area (Å²) in [6.07, 6.45) is 0. The predicted molar refractivity (Wildman–Crippen MR) is 77.1 cm³/mol. The molecule has 122 valence electrons. The van der Waals surface area contributed by atoms with Gasteiger partial charge in [-0.1, -0.05) is 0 Å². The minimum Gasteiger partial charge on any atom is -0.479 e. The van der Waals surface area contributed by atoms with E-state index in [2.05, 4.69) is 5.32 Å². The maximum absolute atomic E-state index is 13.8. The Balaban J connectivity index is 2.39. The number of hydrogen-bond donors (Lipinski definition) is 2. The minimum atomic E-state index is -1.72. The average molecular weight is 323 g/mol. The third-order valence-corrected chi connectivity index (χ3v) is 3.58. The van der Waals surface area contributed by atoms with Crippen LogP contribution in [0, 0.1) is 32.4 Å². The van der Waals surface area contributed by atoms with E-state index in [0.717, 1.165) is 18.2 Å². The molecule has 0 saturated carbocycles. The van der Waals surface area contributed by atoms with Gasteiger partial charge in [0, 0.05) is 11.1 Å². The number of aryl methyl sites for hydroxylation is 2. The zero-order chi connectivity index (χ0) is 17.3. The topological polar surface area (TPSA) is 79.5 Å². The highest BCUT2D eigenvalue weighted by atomic mass is 19.1. The fourth-order valence-corrected chi connectivity index (χ4v) is 2.34. The molecule has 1 aromatic heterocycles. The molecule has 7 heteroatoms. The van der Waals surface area contributed by atoms with Crippen LogP contribution in [0.1, 0.15) is 39.0 Å². The van der Waals surface area contributed by atoms with E-state index in [1.165, 1.54) is 0 Å². The number of carboxylic acid groups (broad SMARTS) is 1. The average Bonchev–Trinajstić information content (AvgIpc) is 2.72. The zero-order valence-electron chi connectivity index (χ0n) is 12.7. The van der Waals surface area contributed by atoms with Crippen LogP contribution < -0.4 is 5.32 Å². The summed E-state index contributed by atoms with van der Waals surface area (Å²) in [7, 11) is 0. The Morgan fingerprint density at radius 1 is 1.17 bits per heavy atom. The van der Waals surface area contributed by atoms with Crippen LogP contribution in [-0.4, -0.2) is 17.0 Å². The summed E-state index contributed by atoms with van der Waals surface area (Å²) in [6.45, 7) is 4.88. The second kappa shape index (κ2) is 6.20. The molecular weight excluding hydrogens is 308 g/mol. The number of carbonyl (C=O) groups is 2. The molecule has 1 heterocycles. The Kier molecular flexibility index (Phi) is 4.49. The molecule has 2 rings (SSSR count). The summed E-state index contributed by atoms with van der Waals surface area (Å²) in [6, 6.07) is 0.708. The monoisotopic (exact) mass is 323 g/mol. The third-order valence-electron chi connectivity index (χ3n) is 3.58. The molecule has 0 saturated heterocycles. The normalized spacial score (nSPS) is 12.0. The number of aliphatic carboxylic acids is 1. The Labute approximate surface area is 130 Å². The van der Waals surface area contributed by atoms with Crippen molar-refractivity contribution in [3.05, 3.63) is 58.0 Å². The lowest BCUT2D eigenvalue weighted by Crippen LogP contribution is -2.34. The van der Waals surface area contributed by atoms with E-state index in [1.807, 2.05) is 0 Å². The number of carbonyl (C=O) groups excluding carboxylic acids is 1. The Morgan fingerprint density at radius 2 is 1.83 bits per heavy atom. The van der Waals surface area contributed by atoms with Gasteiger partial charge in [0.05, 0.1) is 5.56 Å². The van der Waals surface area contributed by atoms with Crippen LogP contribution in [0.4, 0.5) is 8.78 Å². The molecule has 0 aliphatic rings. The minimum absolute atomic E-state index is 0.186. The molecule has 0 radical (unpaired) electrons. The number of rotatable bonds is 4. The van der Waals surface area contributed by atoms with E-state index in [9.17, 15) is 23.5 Å². The van der Waals surface area contributed by atoms with Gasteiger partial charge in [0.1, 0.15) is 23.2 Å². The van der Waals surface area contributed by atoms with Crippen molar-refractivity contribution in [1.29, 1.82) is 0 Å². The summed E-state index contributed by atoms with van der Waals surface area (Å²) in [5, 5.41) is 11.5. The van der Waals surface area contributed by atoms with E-state index in [-0.39, 0.29) is 5.56 Å². The highest BCUT2D eigenvalue weighted by Crippen LogP contribution is 2.23. The SMILES string of the molecule is Cc1oc(C)c(C(=O)NC(C(=O)O)c2cc(F)ccc2F)c1C. The van der Waals surface area contributed by atoms with Gasteiger partial charge < -0.3 is 14.8 Å². The molecule has 0 aliphatic heterocycles. The van der Waals surface area contributed by atoms with Crippen molar-refractivity contribution < 1.29 is 27.9 Å². The molecule has 5 nitrogen and oxygen atoms in total. The summed E-state index contributed by atoms with van der Waals surface area (Å²) in [5.74, 6) is -3.10. The van der Waals surface area contributed by atoms with Crippen molar-refractivity contribution in [2.75, 3.05) is 0 Å². The van der Waals surface area contributed by atoms with Gasteiger partial charge in [0.25, 0.3) is 5.91 Å². The van der Waals surface area contributed by atoms with Crippen LogP contribution >= 0.6 is 0 Å². The quantitative estimate of drug-likeness (QED) is 0.906. The van der Waals surface area contributed by atoms with Crippen molar-refractivity contribution in [3.8, 4) is 0 Å². The maximum atomic E-state index is 13.8. The second-order valence-electron chi connectivity index (χ2n) is 5.12. The van der Waals surface area contributed by atoms with Gasteiger partial charge in [0.2, 0.25) is 0 Å². The molecule has 23 heavy (non-hydrogen) atoms. The van der Waals surface area contributed by atoms with Crippen molar-refractivity contribution in [1.82, 2.24) is 5.32 Å². The zero-order valence-corrected chi connectivity index (χ0v) is 12.7. The number of furan rings is 1. The predicted octanol–water partition coefficient (Wildman–Crippen LogP) is 3.04. The lowest BCUT2D eigenvalue weighted by Gasteiger charge is -2.16. The second-order valence-corrected chi connectivity index (χ2v) is 5.12. The number of amides is 1.